The van der Waals surface area contributed by atoms with Gasteiger partial charge in [0, 0.05) is 39.8 Å². The molecule has 1 aromatic heterocycles. The average molecular weight is 335 g/mol. The normalized spacial score (nSPS) is 17.0. The molecule has 0 spiro atoms. The van der Waals surface area contributed by atoms with E-state index in [4.69, 9.17) is 4.52 Å². The van der Waals surface area contributed by atoms with Crippen LogP contribution < -0.4 is 10.6 Å². The maximum absolute atomic E-state index is 12.6. The van der Waals surface area contributed by atoms with Gasteiger partial charge in [-0.1, -0.05) is 18.0 Å². The molecule has 1 aliphatic rings. The fourth-order valence-corrected chi connectivity index (χ4v) is 3.39. The van der Waals surface area contributed by atoms with Crippen molar-refractivity contribution >= 4 is 11.9 Å². The Balaban J connectivity index is 1.96. The highest BCUT2D eigenvalue weighted by atomic mass is 16.5. The highest BCUT2D eigenvalue weighted by Crippen LogP contribution is 2.38. The molecule has 1 heterocycles. The van der Waals surface area contributed by atoms with Crippen LogP contribution >= 0.6 is 0 Å². The lowest BCUT2D eigenvalue weighted by atomic mass is 9.84. The molecule has 0 aliphatic heterocycles. The number of amides is 1. The molecular weight excluding hydrogens is 306 g/mol. The molecule has 0 atom stereocenters. The Morgan fingerprint density at radius 3 is 2.46 bits per heavy atom. The summed E-state index contributed by atoms with van der Waals surface area (Å²) in [6, 6.07) is 0. The van der Waals surface area contributed by atoms with Crippen LogP contribution in [0, 0.1) is 19.3 Å². The second-order valence-corrected chi connectivity index (χ2v) is 6.77. The van der Waals surface area contributed by atoms with Crippen LogP contribution in [0.15, 0.2) is 9.52 Å². The number of aromatic nitrogens is 1. The summed E-state index contributed by atoms with van der Waals surface area (Å²) in [6.45, 7) is 5.02. The van der Waals surface area contributed by atoms with Gasteiger partial charge >= 0.3 is 0 Å². The fourth-order valence-electron chi connectivity index (χ4n) is 3.39. The SMILES string of the molecule is CN=C(NCc1c(C)noc1C)NCC1(C(=O)N(C)C)CCCC1. The number of guanidine groups is 1. The van der Waals surface area contributed by atoms with Crippen molar-refractivity contribution in [2.24, 2.45) is 10.4 Å². The van der Waals surface area contributed by atoms with Gasteiger partial charge in [0.15, 0.2) is 5.96 Å². The van der Waals surface area contributed by atoms with Gasteiger partial charge in [-0.3, -0.25) is 9.79 Å². The Morgan fingerprint density at radius 1 is 1.29 bits per heavy atom. The molecule has 7 nitrogen and oxygen atoms in total. The Hall–Kier alpha value is -2.05. The average Bonchev–Trinajstić information content (AvgIpc) is 3.16. The Bertz CT molecular complexity index is 581. The third kappa shape index (κ3) is 3.88. The monoisotopic (exact) mass is 335 g/mol. The van der Waals surface area contributed by atoms with E-state index in [1.165, 1.54) is 0 Å². The molecule has 1 fully saturated rings. The minimum absolute atomic E-state index is 0.202. The summed E-state index contributed by atoms with van der Waals surface area (Å²) in [5, 5.41) is 10.6. The third-order valence-electron chi connectivity index (χ3n) is 4.85. The van der Waals surface area contributed by atoms with E-state index in [1.807, 2.05) is 27.9 Å². The first-order chi connectivity index (χ1) is 11.4. The maximum Gasteiger partial charge on any atom is 0.230 e. The van der Waals surface area contributed by atoms with Crippen molar-refractivity contribution in [3.8, 4) is 0 Å². The highest BCUT2D eigenvalue weighted by Gasteiger charge is 2.42. The number of hydrogen-bond donors (Lipinski definition) is 2. The number of aryl methyl sites for hydroxylation is 2. The second kappa shape index (κ2) is 7.68. The van der Waals surface area contributed by atoms with Crippen LogP contribution in [0.5, 0.6) is 0 Å². The molecule has 0 saturated heterocycles. The largest absolute Gasteiger partial charge is 0.361 e. The molecule has 0 aromatic carbocycles. The lowest BCUT2D eigenvalue weighted by Gasteiger charge is -2.31. The van der Waals surface area contributed by atoms with Crippen molar-refractivity contribution in [2.45, 2.75) is 46.1 Å². The van der Waals surface area contributed by atoms with Crippen molar-refractivity contribution in [3.63, 3.8) is 0 Å². The Morgan fingerprint density at radius 2 is 1.96 bits per heavy atom. The van der Waals surface area contributed by atoms with Gasteiger partial charge in [0.05, 0.1) is 11.1 Å². The van der Waals surface area contributed by atoms with Gasteiger partial charge in [-0.2, -0.15) is 0 Å². The van der Waals surface area contributed by atoms with Crippen molar-refractivity contribution in [1.82, 2.24) is 20.7 Å². The summed E-state index contributed by atoms with van der Waals surface area (Å²) >= 11 is 0. The smallest absolute Gasteiger partial charge is 0.230 e. The van der Waals surface area contributed by atoms with E-state index in [9.17, 15) is 4.79 Å². The zero-order chi connectivity index (χ0) is 17.7. The molecule has 0 radical (unpaired) electrons. The number of nitrogens with zero attached hydrogens (tertiary/aromatic N) is 3. The van der Waals surface area contributed by atoms with Gasteiger partial charge in [0.1, 0.15) is 5.76 Å². The Labute approximate surface area is 143 Å². The predicted molar refractivity (Wildman–Crippen MR) is 93.8 cm³/mol. The van der Waals surface area contributed by atoms with Crippen LogP contribution in [0.25, 0.3) is 0 Å². The van der Waals surface area contributed by atoms with Gasteiger partial charge in [-0.05, 0) is 26.7 Å². The van der Waals surface area contributed by atoms with E-state index in [0.29, 0.717) is 19.0 Å². The van der Waals surface area contributed by atoms with Crippen LogP contribution in [0.1, 0.15) is 42.7 Å². The van der Waals surface area contributed by atoms with E-state index in [0.717, 1.165) is 42.7 Å². The van der Waals surface area contributed by atoms with Gasteiger partial charge in [0.2, 0.25) is 5.91 Å². The quantitative estimate of drug-likeness (QED) is 0.631. The van der Waals surface area contributed by atoms with Crippen molar-refractivity contribution < 1.29 is 9.32 Å². The molecule has 24 heavy (non-hydrogen) atoms. The summed E-state index contributed by atoms with van der Waals surface area (Å²) in [7, 11) is 5.39. The molecule has 0 bridgehead atoms. The molecule has 1 aromatic rings. The molecule has 1 aliphatic carbocycles. The highest BCUT2D eigenvalue weighted by molar-refractivity contribution is 5.85. The number of aliphatic imine (C=N–C) groups is 1. The summed E-state index contributed by atoms with van der Waals surface area (Å²) in [5.41, 5.74) is 1.60. The lowest BCUT2D eigenvalue weighted by molar-refractivity contribution is -0.138. The fraction of sp³-hybridized carbons (Fsp3) is 0.706. The molecule has 0 unspecified atom stereocenters. The van der Waals surface area contributed by atoms with Gasteiger partial charge in [-0.25, -0.2) is 0 Å². The maximum atomic E-state index is 12.6. The molecule has 1 amide bonds. The number of nitrogens with one attached hydrogen (secondary N) is 2. The van der Waals surface area contributed by atoms with Crippen molar-refractivity contribution in [1.29, 1.82) is 0 Å². The third-order valence-corrected chi connectivity index (χ3v) is 4.85. The Kier molecular flexibility index (Phi) is 5.85. The lowest BCUT2D eigenvalue weighted by Crippen LogP contribution is -2.49. The van der Waals surface area contributed by atoms with E-state index in [1.54, 1.807) is 11.9 Å². The van der Waals surface area contributed by atoms with Gasteiger partial charge in [0.25, 0.3) is 0 Å². The molecular formula is C17H29N5O2. The first-order valence-electron chi connectivity index (χ1n) is 8.47. The van der Waals surface area contributed by atoms with E-state index in [2.05, 4.69) is 20.8 Å². The first kappa shape index (κ1) is 18.3. The zero-order valence-corrected chi connectivity index (χ0v) is 15.4. The number of rotatable bonds is 5. The van der Waals surface area contributed by atoms with Crippen molar-refractivity contribution in [2.75, 3.05) is 27.7 Å². The van der Waals surface area contributed by atoms with E-state index >= 15 is 0 Å². The summed E-state index contributed by atoms with van der Waals surface area (Å²) in [4.78, 5) is 18.6. The van der Waals surface area contributed by atoms with E-state index < -0.39 is 0 Å². The van der Waals surface area contributed by atoms with Gasteiger partial charge < -0.3 is 20.1 Å². The molecule has 2 N–H and O–H groups in total. The number of hydrogen-bond acceptors (Lipinski definition) is 4. The van der Waals surface area contributed by atoms with Crippen LogP contribution in [0.3, 0.4) is 0 Å². The van der Waals surface area contributed by atoms with E-state index in [-0.39, 0.29) is 11.3 Å². The van der Waals surface area contributed by atoms with Crippen LogP contribution in [-0.2, 0) is 11.3 Å². The first-order valence-corrected chi connectivity index (χ1v) is 8.47. The summed E-state index contributed by atoms with van der Waals surface area (Å²) in [6.07, 6.45) is 4.06. The summed E-state index contributed by atoms with van der Waals surface area (Å²) in [5.74, 6) is 1.70. The van der Waals surface area contributed by atoms with Crippen molar-refractivity contribution in [3.05, 3.63) is 17.0 Å². The van der Waals surface area contributed by atoms with Crippen LogP contribution in [0.4, 0.5) is 0 Å². The van der Waals surface area contributed by atoms with Crippen LogP contribution in [-0.4, -0.2) is 49.6 Å². The van der Waals surface area contributed by atoms with Crippen LogP contribution in [0.2, 0.25) is 0 Å². The molecule has 134 valence electrons. The van der Waals surface area contributed by atoms with Gasteiger partial charge in [-0.15, -0.1) is 0 Å². The zero-order valence-electron chi connectivity index (χ0n) is 15.4. The minimum Gasteiger partial charge on any atom is -0.361 e. The second-order valence-electron chi connectivity index (χ2n) is 6.77. The molecule has 2 rings (SSSR count). The number of carbonyl (C=O) groups excluding carboxylic acids is 1. The minimum atomic E-state index is -0.315. The number of carbonyl (C=O) groups is 1. The standard InChI is InChI=1S/C17H29N5O2/c1-12-14(13(2)24-21-12)10-19-16(18-3)20-11-17(8-6-7-9-17)15(23)22(4)5/h6-11H2,1-5H3,(H2,18,19,20). The summed E-state index contributed by atoms with van der Waals surface area (Å²) < 4.78 is 5.18. The topological polar surface area (TPSA) is 82.8 Å². The molecule has 1 saturated carbocycles. The predicted octanol–water partition coefficient (Wildman–Crippen LogP) is 1.61. The molecule has 7 heteroatoms.